The number of hydrogen-bond donors (Lipinski definition) is 0. The van der Waals surface area contributed by atoms with Crippen molar-refractivity contribution in [2.24, 2.45) is 0 Å². The Morgan fingerprint density at radius 1 is 1.42 bits per heavy atom. The zero-order chi connectivity index (χ0) is 17.4. The molecule has 126 valence electrons. The van der Waals surface area contributed by atoms with Gasteiger partial charge >= 0.3 is 5.69 Å². The lowest BCUT2D eigenvalue weighted by Gasteiger charge is -2.25. The van der Waals surface area contributed by atoms with Gasteiger partial charge in [0.2, 0.25) is 5.91 Å². The van der Waals surface area contributed by atoms with E-state index in [0.29, 0.717) is 11.4 Å². The second-order valence-corrected chi connectivity index (χ2v) is 6.19. The van der Waals surface area contributed by atoms with Gasteiger partial charge in [0.15, 0.2) is 0 Å². The highest BCUT2D eigenvalue weighted by molar-refractivity contribution is 5.76. The molecular formula is C17H20N4O3. The number of aromatic nitrogens is 2. The Kier molecular flexibility index (Phi) is 4.09. The number of hydrogen-bond acceptors (Lipinski definition) is 4. The zero-order valence-electron chi connectivity index (χ0n) is 14.0. The van der Waals surface area contributed by atoms with E-state index in [9.17, 15) is 14.9 Å². The van der Waals surface area contributed by atoms with Gasteiger partial charge in [0.1, 0.15) is 17.9 Å². The van der Waals surface area contributed by atoms with Gasteiger partial charge < -0.3 is 4.90 Å². The highest BCUT2D eigenvalue weighted by Crippen LogP contribution is 2.35. The molecule has 1 aromatic heterocycles. The van der Waals surface area contributed by atoms with Gasteiger partial charge in [-0.3, -0.25) is 19.6 Å². The zero-order valence-corrected chi connectivity index (χ0v) is 14.0. The Bertz CT molecular complexity index is 812. The second-order valence-electron chi connectivity index (χ2n) is 6.19. The summed E-state index contributed by atoms with van der Waals surface area (Å²) >= 11 is 0. The average Bonchev–Trinajstić information content (AvgIpc) is 3.08. The van der Waals surface area contributed by atoms with Crippen LogP contribution in [0.5, 0.6) is 0 Å². The maximum atomic E-state index is 12.6. The minimum absolute atomic E-state index is 0.00960. The first-order valence-corrected chi connectivity index (χ1v) is 7.92. The Hall–Kier alpha value is -2.70. The lowest BCUT2D eigenvalue weighted by Crippen LogP contribution is -2.33. The average molecular weight is 328 g/mol. The van der Waals surface area contributed by atoms with Crippen molar-refractivity contribution in [3.63, 3.8) is 0 Å². The van der Waals surface area contributed by atoms with Crippen molar-refractivity contribution < 1.29 is 9.72 Å². The molecule has 0 aliphatic heterocycles. The van der Waals surface area contributed by atoms with E-state index < -0.39 is 4.92 Å². The molecular weight excluding hydrogens is 308 g/mol. The summed E-state index contributed by atoms with van der Waals surface area (Å²) in [4.78, 5) is 25.0. The van der Waals surface area contributed by atoms with Gasteiger partial charge in [-0.05, 0) is 37.8 Å². The summed E-state index contributed by atoms with van der Waals surface area (Å²) in [5.74, 6) is -0.0998. The van der Waals surface area contributed by atoms with E-state index in [1.807, 2.05) is 12.1 Å². The topological polar surface area (TPSA) is 81.3 Å². The predicted octanol–water partition coefficient (Wildman–Crippen LogP) is 2.55. The summed E-state index contributed by atoms with van der Waals surface area (Å²) in [6, 6.07) is 8.21. The largest absolute Gasteiger partial charge is 0.337 e. The molecule has 0 saturated carbocycles. The third-order valence-corrected chi connectivity index (χ3v) is 4.77. The molecule has 0 N–H and O–H groups in total. The fraction of sp³-hybridized carbons (Fsp3) is 0.412. The highest BCUT2D eigenvalue weighted by Gasteiger charge is 2.29. The van der Waals surface area contributed by atoms with E-state index in [2.05, 4.69) is 17.2 Å². The van der Waals surface area contributed by atoms with Crippen molar-refractivity contribution in [1.82, 2.24) is 14.7 Å². The Morgan fingerprint density at radius 2 is 2.12 bits per heavy atom. The molecule has 1 heterocycles. The minimum Gasteiger partial charge on any atom is -0.337 e. The van der Waals surface area contributed by atoms with Crippen LogP contribution in [0, 0.1) is 24.0 Å². The quantitative estimate of drug-likeness (QED) is 0.638. The highest BCUT2D eigenvalue weighted by atomic mass is 16.6. The van der Waals surface area contributed by atoms with Gasteiger partial charge in [0.05, 0.1) is 11.0 Å². The normalized spacial score (nSPS) is 16.0. The van der Waals surface area contributed by atoms with Crippen LogP contribution in [0.3, 0.4) is 0 Å². The molecule has 2 aromatic rings. The predicted molar refractivity (Wildman–Crippen MR) is 88.6 cm³/mol. The molecule has 7 nitrogen and oxygen atoms in total. The van der Waals surface area contributed by atoms with Crippen molar-refractivity contribution in [3.8, 4) is 0 Å². The van der Waals surface area contributed by atoms with Crippen molar-refractivity contribution in [2.75, 3.05) is 7.05 Å². The number of amides is 1. The van der Waals surface area contributed by atoms with E-state index in [0.717, 1.165) is 12.8 Å². The summed E-state index contributed by atoms with van der Waals surface area (Å²) < 4.78 is 1.42. The molecule has 0 spiro atoms. The third kappa shape index (κ3) is 2.66. The SMILES string of the molecule is Cc1nn(CC(=O)N(C)C2CCc3ccccc32)c(C)c1[N+](=O)[O-]. The van der Waals surface area contributed by atoms with Crippen LogP contribution >= 0.6 is 0 Å². The smallest absolute Gasteiger partial charge is 0.312 e. The van der Waals surface area contributed by atoms with Crippen molar-refractivity contribution in [2.45, 2.75) is 39.3 Å². The van der Waals surface area contributed by atoms with E-state index in [4.69, 9.17) is 0 Å². The first kappa shape index (κ1) is 16.2. The fourth-order valence-corrected chi connectivity index (χ4v) is 3.46. The Labute approximate surface area is 140 Å². The number of carbonyl (C=O) groups excluding carboxylic acids is 1. The molecule has 24 heavy (non-hydrogen) atoms. The lowest BCUT2D eigenvalue weighted by atomic mass is 10.1. The van der Waals surface area contributed by atoms with Crippen molar-refractivity contribution in [3.05, 3.63) is 56.9 Å². The molecule has 1 aliphatic carbocycles. The third-order valence-electron chi connectivity index (χ3n) is 4.77. The van der Waals surface area contributed by atoms with Crippen LogP contribution in [-0.4, -0.2) is 32.6 Å². The summed E-state index contributed by atoms with van der Waals surface area (Å²) in [7, 11) is 1.79. The number of nitro groups is 1. The van der Waals surface area contributed by atoms with Gasteiger partial charge in [0, 0.05) is 7.05 Å². The molecule has 1 aliphatic rings. The van der Waals surface area contributed by atoms with E-state index >= 15 is 0 Å². The monoisotopic (exact) mass is 328 g/mol. The first-order chi connectivity index (χ1) is 11.4. The standard InChI is InChI=1S/C17H20N4O3/c1-11-17(21(23)24)12(2)20(18-11)10-16(22)19(3)15-9-8-13-6-4-5-7-14(13)15/h4-7,15H,8-10H2,1-3H3. The number of rotatable bonds is 4. The van der Waals surface area contributed by atoms with Crippen LogP contribution in [0.2, 0.25) is 0 Å². The van der Waals surface area contributed by atoms with Gasteiger partial charge in [-0.1, -0.05) is 24.3 Å². The van der Waals surface area contributed by atoms with Gasteiger partial charge in [-0.15, -0.1) is 0 Å². The van der Waals surface area contributed by atoms with Crippen LogP contribution in [-0.2, 0) is 17.8 Å². The molecule has 0 bridgehead atoms. The van der Waals surface area contributed by atoms with Crippen LogP contribution < -0.4 is 0 Å². The molecule has 1 aromatic carbocycles. The van der Waals surface area contributed by atoms with Crippen LogP contribution in [0.1, 0.15) is 35.0 Å². The van der Waals surface area contributed by atoms with Crippen molar-refractivity contribution in [1.29, 1.82) is 0 Å². The van der Waals surface area contributed by atoms with Crippen LogP contribution in [0.25, 0.3) is 0 Å². The van der Waals surface area contributed by atoms with E-state index in [1.165, 1.54) is 15.8 Å². The number of aryl methyl sites for hydroxylation is 2. The Morgan fingerprint density at radius 3 is 2.79 bits per heavy atom. The van der Waals surface area contributed by atoms with Gasteiger partial charge in [0.25, 0.3) is 0 Å². The van der Waals surface area contributed by atoms with Crippen LogP contribution in [0.15, 0.2) is 24.3 Å². The van der Waals surface area contributed by atoms with E-state index in [-0.39, 0.29) is 24.2 Å². The van der Waals surface area contributed by atoms with Gasteiger partial charge in [-0.2, -0.15) is 5.10 Å². The molecule has 0 fully saturated rings. The van der Waals surface area contributed by atoms with Crippen LogP contribution in [0.4, 0.5) is 5.69 Å². The summed E-state index contributed by atoms with van der Waals surface area (Å²) in [6.45, 7) is 3.22. The van der Waals surface area contributed by atoms with Crippen molar-refractivity contribution >= 4 is 11.6 Å². The van der Waals surface area contributed by atoms with E-state index in [1.54, 1.807) is 25.8 Å². The molecule has 1 amide bonds. The molecule has 0 radical (unpaired) electrons. The maximum Gasteiger partial charge on any atom is 0.312 e. The number of fused-ring (bicyclic) bond motifs is 1. The molecule has 1 atom stereocenters. The second kappa shape index (κ2) is 6.07. The molecule has 7 heteroatoms. The summed E-state index contributed by atoms with van der Waals surface area (Å²) in [5, 5.41) is 15.2. The first-order valence-electron chi connectivity index (χ1n) is 7.92. The van der Waals surface area contributed by atoms with Gasteiger partial charge in [-0.25, -0.2) is 0 Å². The maximum absolute atomic E-state index is 12.6. The number of likely N-dealkylation sites (N-methyl/N-ethyl adjacent to an activating group) is 1. The fourth-order valence-electron chi connectivity index (χ4n) is 3.46. The lowest BCUT2D eigenvalue weighted by molar-refractivity contribution is -0.386. The number of carbonyl (C=O) groups is 1. The molecule has 1 unspecified atom stereocenters. The summed E-state index contributed by atoms with van der Waals surface area (Å²) in [6.07, 6.45) is 1.86. The molecule has 3 rings (SSSR count). The minimum atomic E-state index is -0.449. The summed E-state index contributed by atoms with van der Waals surface area (Å²) in [5.41, 5.74) is 3.19. The molecule has 0 saturated heterocycles. The number of benzene rings is 1. The Balaban J connectivity index is 1.79. The number of nitrogens with zero attached hydrogens (tertiary/aromatic N) is 4.